The molecule has 0 amide bonds. The standard InChI is InChI=1S/C7H9NO4/c1-3-11-7(9)6-8-4-5(10-2)12-6/h4H,3H2,1-2H3. The highest BCUT2D eigenvalue weighted by Crippen LogP contribution is 2.11. The first-order valence-corrected chi connectivity index (χ1v) is 3.45. The first kappa shape index (κ1) is 8.58. The maximum Gasteiger partial charge on any atom is 0.394 e. The lowest BCUT2D eigenvalue weighted by Gasteiger charge is -1.94. The van der Waals surface area contributed by atoms with Crippen LogP contribution in [0.25, 0.3) is 0 Å². The minimum atomic E-state index is -0.583. The number of aromatic nitrogens is 1. The van der Waals surface area contributed by atoms with E-state index in [0.29, 0.717) is 6.61 Å². The van der Waals surface area contributed by atoms with Crippen LogP contribution in [0.2, 0.25) is 0 Å². The molecule has 1 aromatic heterocycles. The van der Waals surface area contributed by atoms with Gasteiger partial charge in [-0.25, -0.2) is 9.78 Å². The lowest BCUT2D eigenvalue weighted by Crippen LogP contribution is -2.04. The molecule has 0 bridgehead atoms. The molecule has 1 rings (SSSR count). The van der Waals surface area contributed by atoms with Gasteiger partial charge in [-0.15, -0.1) is 0 Å². The number of ether oxygens (including phenoxy) is 2. The molecule has 0 radical (unpaired) electrons. The second-order valence-electron chi connectivity index (χ2n) is 1.91. The van der Waals surface area contributed by atoms with Gasteiger partial charge in [0, 0.05) is 0 Å². The molecule has 0 saturated carbocycles. The van der Waals surface area contributed by atoms with Gasteiger partial charge in [0.1, 0.15) is 6.20 Å². The zero-order valence-electron chi connectivity index (χ0n) is 6.86. The molecule has 0 fully saturated rings. The van der Waals surface area contributed by atoms with E-state index >= 15 is 0 Å². The Bertz CT molecular complexity index is 268. The zero-order valence-corrected chi connectivity index (χ0v) is 6.86. The fraction of sp³-hybridized carbons (Fsp3) is 0.429. The third-order valence-corrected chi connectivity index (χ3v) is 1.14. The highest BCUT2D eigenvalue weighted by molar-refractivity contribution is 5.84. The van der Waals surface area contributed by atoms with Crippen LogP contribution in [-0.2, 0) is 4.74 Å². The lowest BCUT2D eigenvalue weighted by molar-refractivity contribution is 0.0475. The van der Waals surface area contributed by atoms with E-state index in [9.17, 15) is 4.79 Å². The molecule has 5 heteroatoms. The van der Waals surface area contributed by atoms with Crippen LogP contribution in [0.15, 0.2) is 10.6 Å². The Kier molecular flexibility index (Phi) is 2.68. The van der Waals surface area contributed by atoms with E-state index < -0.39 is 5.97 Å². The molecule has 0 spiro atoms. The van der Waals surface area contributed by atoms with Gasteiger partial charge in [0.05, 0.1) is 13.7 Å². The van der Waals surface area contributed by atoms with Gasteiger partial charge in [-0.05, 0) is 6.92 Å². The van der Waals surface area contributed by atoms with Gasteiger partial charge in [-0.2, -0.15) is 0 Å². The summed E-state index contributed by atoms with van der Waals surface area (Å²) in [6.45, 7) is 2.00. The van der Waals surface area contributed by atoms with Crippen molar-refractivity contribution in [2.75, 3.05) is 13.7 Å². The van der Waals surface area contributed by atoms with E-state index in [1.54, 1.807) is 6.92 Å². The van der Waals surface area contributed by atoms with E-state index in [1.165, 1.54) is 13.3 Å². The third kappa shape index (κ3) is 1.75. The highest BCUT2D eigenvalue weighted by Gasteiger charge is 2.13. The maximum absolute atomic E-state index is 10.9. The fourth-order valence-electron chi connectivity index (χ4n) is 0.641. The number of hydrogen-bond donors (Lipinski definition) is 0. The van der Waals surface area contributed by atoms with Crippen LogP contribution in [0.4, 0.5) is 0 Å². The van der Waals surface area contributed by atoms with E-state index in [0.717, 1.165) is 0 Å². The van der Waals surface area contributed by atoms with Crippen molar-refractivity contribution in [2.45, 2.75) is 6.92 Å². The van der Waals surface area contributed by atoms with Crippen LogP contribution in [0, 0.1) is 0 Å². The van der Waals surface area contributed by atoms with Crippen molar-refractivity contribution in [3.8, 4) is 5.95 Å². The molecule has 0 unspecified atom stereocenters. The Balaban J connectivity index is 2.68. The van der Waals surface area contributed by atoms with Gasteiger partial charge in [-0.1, -0.05) is 0 Å². The highest BCUT2D eigenvalue weighted by atomic mass is 16.6. The Morgan fingerprint density at radius 3 is 3.00 bits per heavy atom. The van der Waals surface area contributed by atoms with E-state index in [2.05, 4.69) is 14.5 Å². The Morgan fingerprint density at radius 1 is 1.75 bits per heavy atom. The van der Waals surface area contributed by atoms with Crippen LogP contribution in [0.3, 0.4) is 0 Å². The van der Waals surface area contributed by atoms with Crippen molar-refractivity contribution in [1.29, 1.82) is 0 Å². The summed E-state index contributed by atoms with van der Waals surface area (Å²) in [6.07, 6.45) is 1.31. The van der Waals surface area contributed by atoms with E-state index in [-0.39, 0.29) is 11.8 Å². The number of nitrogens with zero attached hydrogens (tertiary/aromatic N) is 1. The van der Waals surface area contributed by atoms with Crippen molar-refractivity contribution in [3.63, 3.8) is 0 Å². The Labute approximate surface area is 69.3 Å². The number of carbonyl (C=O) groups is 1. The van der Waals surface area contributed by atoms with Crippen LogP contribution >= 0.6 is 0 Å². The number of carbonyl (C=O) groups excluding carboxylic acids is 1. The number of esters is 1. The van der Waals surface area contributed by atoms with Crippen LogP contribution in [-0.4, -0.2) is 24.7 Å². The van der Waals surface area contributed by atoms with Gasteiger partial charge >= 0.3 is 17.8 Å². The number of rotatable bonds is 3. The van der Waals surface area contributed by atoms with Gasteiger partial charge in [0.2, 0.25) is 0 Å². The summed E-state index contributed by atoms with van der Waals surface area (Å²) >= 11 is 0. The summed E-state index contributed by atoms with van der Waals surface area (Å²) in [7, 11) is 1.43. The average molecular weight is 171 g/mol. The Hall–Kier alpha value is -1.52. The summed E-state index contributed by atoms with van der Waals surface area (Å²) in [5, 5.41) is 0. The summed E-state index contributed by atoms with van der Waals surface area (Å²) in [5.41, 5.74) is 0. The topological polar surface area (TPSA) is 61.6 Å². The normalized spacial score (nSPS) is 9.50. The quantitative estimate of drug-likeness (QED) is 0.631. The third-order valence-electron chi connectivity index (χ3n) is 1.14. The van der Waals surface area contributed by atoms with Crippen molar-refractivity contribution < 1.29 is 18.7 Å². The molecule has 0 aliphatic carbocycles. The second-order valence-corrected chi connectivity index (χ2v) is 1.91. The maximum atomic E-state index is 10.9. The van der Waals surface area contributed by atoms with Gasteiger partial charge in [-0.3, -0.25) is 0 Å². The predicted octanol–water partition coefficient (Wildman–Crippen LogP) is 0.860. The molecule has 0 saturated heterocycles. The van der Waals surface area contributed by atoms with E-state index in [1.807, 2.05) is 0 Å². The zero-order chi connectivity index (χ0) is 8.97. The number of hydrogen-bond acceptors (Lipinski definition) is 5. The van der Waals surface area contributed by atoms with Gasteiger partial charge in [0.15, 0.2) is 0 Å². The first-order valence-electron chi connectivity index (χ1n) is 3.45. The van der Waals surface area contributed by atoms with Crippen molar-refractivity contribution in [2.24, 2.45) is 0 Å². The molecular weight excluding hydrogens is 162 g/mol. The van der Waals surface area contributed by atoms with Crippen LogP contribution < -0.4 is 4.74 Å². The molecule has 0 N–H and O–H groups in total. The van der Waals surface area contributed by atoms with Crippen LogP contribution in [0.5, 0.6) is 5.95 Å². The fourth-order valence-corrected chi connectivity index (χ4v) is 0.641. The lowest BCUT2D eigenvalue weighted by atomic mass is 10.7. The smallest absolute Gasteiger partial charge is 0.394 e. The van der Waals surface area contributed by atoms with Gasteiger partial charge in [0.25, 0.3) is 0 Å². The molecule has 66 valence electrons. The predicted molar refractivity (Wildman–Crippen MR) is 39.0 cm³/mol. The summed E-state index contributed by atoms with van der Waals surface area (Å²) in [6, 6.07) is 0. The molecule has 12 heavy (non-hydrogen) atoms. The molecule has 0 atom stereocenters. The minimum Gasteiger partial charge on any atom is -0.467 e. The number of methoxy groups -OCH3 is 1. The van der Waals surface area contributed by atoms with Crippen molar-refractivity contribution >= 4 is 5.97 Å². The van der Waals surface area contributed by atoms with Crippen LogP contribution in [0.1, 0.15) is 17.6 Å². The molecule has 0 aliphatic heterocycles. The molecule has 1 aromatic rings. The van der Waals surface area contributed by atoms with Crippen molar-refractivity contribution in [3.05, 3.63) is 12.1 Å². The minimum absolute atomic E-state index is 0.0892. The average Bonchev–Trinajstić information content (AvgIpc) is 2.52. The first-order chi connectivity index (χ1) is 5.77. The summed E-state index contributed by atoms with van der Waals surface area (Å²) in [5.74, 6) is -0.479. The molecule has 5 nitrogen and oxygen atoms in total. The van der Waals surface area contributed by atoms with Crippen molar-refractivity contribution in [1.82, 2.24) is 4.98 Å². The van der Waals surface area contributed by atoms with E-state index in [4.69, 9.17) is 4.42 Å². The Morgan fingerprint density at radius 2 is 2.50 bits per heavy atom. The molecule has 1 heterocycles. The summed E-state index contributed by atoms with van der Waals surface area (Å²) in [4.78, 5) is 14.6. The SMILES string of the molecule is CCOC(=O)c1ncc(OC)o1. The largest absolute Gasteiger partial charge is 0.467 e. The second kappa shape index (κ2) is 3.75. The van der Waals surface area contributed by atoms with Gasteiger partial charge < -0.3 is 13.9 Å². The number of oxazole rings is 1. The summed E-state index contributed by atoms with van der Waals surface area (Å²) < 4.78 is 14.2. The molecule has 0 aromatic carbocycles. The monoisotopic (exact) mass is 171 g/mol. The molecular formula is C7H9NO4. The molecule has 0 aliphatic rings.